The van der Waals surface area contributed by atoms with Crippen LogP contribution in [0.5, 0.6) is 0 Å². The second kappa shape index (κ2) is 16.0. The van der Waals surface area contributed by atoms with Crippen molar-refractivity contribution < 1.29 is 9.59 Å². The molecule has 286 valence electrons. The number of carbonyl (C=O) groups is 2. The van der Waals surface area contributed by atoms with Gasteiger partial charge in [-0.25, -0.2) is 19.9 Å². The fraction of sp³-hybridized carbons (Fsp3) is 0.191. The Bertz CT molecular complexity index is 2720. The molecule has 4 aromatic heterocycles. The number of carbonyl (C=O) groups excluding carboxylic acids is 2. The third kappa shape index (κ3) is 8.50. The molecule has 8 rings (SSSR count). The van der Waals surface area contributed by atoms with Crippen molar-refractivity contribution in [2.45, 2.75) is 59.8 Å². The van der Waals surface area contributed by atoms with E-state index >= 15 is 0 Å². The van der Waals surface area contributed by atoms with Crippen LogP contribution < -0.4 is 10.6 Å². The van der Waals surface area contributed by atoms with E-state index in [-0.39, 0.29) is 17.7 Å². The van der Waals surface area contributed by atoms with Crippen molar-refractivity contribution in [2.24, 2.45) is 0 Å². The van der Waals surface area contributed by atoms with Crippen LogP contribution in [0.2, 0.25) is 0 Å². The number of hydrogen-bond acceptors (Lipinski definition) is 6. The molecule has 1 unspecified atom stereocenters. The van der Waals surface area contributed by atoms with Crippen LogP contribution in [0, 0.1) is 27.7 Å². The third-order valence-electron chi connectivity index (χ3n) is 10.2. The number of fused-ring (bicyclic) bond motifs is 2. The lowest BCUT2D eigenvalue weighted by Gasteiger charge is -2.25. The van der Waals surface area contributed by atoms with E-state index in [9.17, 15) is 9.59 Å². The SMILES string of the molecule is Cc1cnc2nc(-c3ccc(C)c(NC(=O)C(C)(C)c4ccccc4)c3)cn2c1.Cc1cnc2nc(-c3ccc(C)c(NC(=O)C(C)c4ccccc4)c3)cn2c1. The van der Waals surface area contributed by atoms with Crippen molar-refractivity contribution in [3.8, 4) is 22.5 Å². The van der Waals surface area contributed by atoms with Gasteiger partial charge in [0.1, 0.15) is 0 Å². The summed E-state index contributed by atoms with van der Waals surface area (Å²) in [6, 6.07) is 31.6. The van der Waals surface area contributed by atoms with Gasteiger partial charge in [-0.05, 0) is 94.0 Å². The van der Waals surface area contributed by atoms with Gasteiger partial charge in [-0.1, -0.05) is 84.9 Å². The summed E-state index contributed by atoms with van der Waals surface area (Å²) in [6.45, 7) is 13.8. The van der Waals surface area contributed by atoms with Gasteiger partial charge in [0.15, 0.2) is 0 Å². The highest BCUT2D eigenvalue weighted by Crippen LogP contribution is 2.30. The van der Waals surface area contributed by atoms with Crippen molar-refractivity contribution in [3.05, 3.63) is 168 Å². The van der Waals surface area contributed by atoms with Crippen LogP contribution in [0.25, 0.3) is 34.1 Å². The maximum atomic E-state index is 13.1. The molecule has 0 aliphatic heterocycles. The Morgan fingerprint density at radius 1 is 0.614 bits per heavy atom. The Morgan fingerprint density at radius 2 is 1.09 bits per heavy atom. The number of imidazole rings is 2. The Morgan fingerprint density at radius 3 is 1.60 bits per heavy atom. The molecule has 0 saturated carbocycles. The zero-order chi connectivity index (χ0) is 40.3. The quantitative estimate of drug-likeness (QED) is 0.160. The van der Waals surface area contributed by atoms with Gasteiger partial charge in [0.25, 0.3) is 0 Å². The van der Waals surface area contributed by atoms with Crippen LogP contribution in [0.1, 0.15) is 60.1 Å². The normalized spacial score (nSPS) is 11.8. The van der Waals surface area contributed by atoms with Gasteiger partial charge in [0.2, 0.25) is 23.4 Å². The summed E-state index contributed by atoms with van der Waals surface area (Å²) in [4.78, 5) is 43.7. The zero-order valence-corrected chi connectivity index (χ0v) is 33.3. The molecule has 1 atom stereocenters. The molecule has 0 fully saturated rings. The van der Waals surface area contributed by atoms with E-state index in [1.807, 2.05) is 179 Å². The van der Waals surface area contributed by atoms with E-state index in [0.717, 1.165) is 67.3 Å². The lowest BCUT2D eigenvalue weighted by molar-refractivity contribution is -0.120. The van der Waals surface area contributed by atoms with Gasteiger partial charge >= 0.3 is 0 Å². The predicted molar refractivity (Wildman–Crippen MR) is 227 cm³/mol. The van der Waals surface area contributed by atoms with E-state index in [2.05, 4.69) is 30.6 Å². The fourth-order valence-corrected chi connectivity index (χ4v) is 6.48. The molecule has 57 heavy (non-hydrogen) atoms. The maximum absolute atomic E-state index is 13.1. The summed E-state index contributed by atoms with van der Waals surface area (Å²) in [5.41, 5.74) is 10.6. The molecule has 10 nitrogen and oxygen atoms in total. The van der Waals surface area contributed by atoms with E-state index in [0.29, 0.717) is 11.6 Å². The molecule has 4 heterocycles. The monoisotopic (exact) mass is 754 g/mol. The van der Waals surface area contributed by atoms with Crippen LogP contribution in [0.3, 0.4) is 0 Å². The Kier molecular flexibility index (Phi) is 10.8. The highest BCUT2D eigenvalue weighted by atomic mass is 16.2. The summed E-state index contributed by atoms with van der Waals surface area (Å²) in [5, 5.41) is 6.19. The van der Waals surface area contributed by atoms with Crippen LogP contribution in [-0.2, 0) is 15.0 Å². The molecule has 2 amide bonds. The standard InChI is InChI=1S/C24H24N4O.C23H22N4O/c1-16-13-25-23-27-21(15-28(23)14-16)18-11-10-17(2)20(12-18)26-22(29)24(3,4)19-8-6-5-7-9-19;1-15-12-24-23-26-21(14-27(23)13-15)19-10-9-16(2)20(11-19)25-22(28)17(3)18-7-5-4-6-8-18/h5-15H,1-4H3,(H,26,29);4-14,17H,1-3H3,(H,25,28). The summed E-state index contributed by atoms with van der Waals surface area (Å²) in [6.07, 6.45) is 11.5. The molecule has 0 bridgehead atoms. The maximum Gasteiger partial charge on any atom is 0.234 e. The molecular formula is C47H46N8O2. The molecule has 8 aromatic rings. The van der Waals surface area contributed by atoms with Crippen molar-refractivity contribution in [1.29, 1.82) is 0 Å². The van der Waals surface area contributed by atoms with E-state index in [1.54, 1.807) is 12.4 Å². The number of aromatic nitrogens is 6. The van der Waals surface area contributed by atoms with Gasteiger partial charge < -0.3 is 10.6 Å². The van der Waals surface area contributed by atoms with Crippen molar-refractivity contribution in [3.63, 3.8) is 0 Å². The first-order valence-corrected chi connectivity index (χ1v) is 18.9. The van der Waals surface area contributed by atoms with E-state index < -0.39 is 5.41 Å². The molecule has 10 heteroatoms. The summed E-state index contributed by atoms with van der Waals surface area (Å²) < 4.78 is 3.83. The lowest BCUT2D eigenvalue weighted by atomic mass is 9.83. The largest absolute Gasteiger partial charge is 0.325 e. The predicted octanol–water partition coefficient (Wildman–Crippen LogP) is 9.68. The average Bonchev–Trinajstić information content (AvgIpc) is 3.84. The second-order valence-electron chi connectivity index (χ2n) is 15.1. The van der Waals surface area contributed by atoms with Crippen LogP contribution in [0.4, 0.5) is 11.4 Å². The molecule has 0 saturated heterocycles. The number of amides is 2. The van der Waals surface area contributed by atoms with Crippen molar-refractivity contribution >= 4 is 34.7 Å². The highest BCUT2D eigenvalue weighted by Gasteiger charge is 2.30. The van der Waals surface area contributed by atoms with Crippen LogP contribution in [0.15, 0.2) is 134 Å². The third-order valence-corrected chi connectivity index (χ3v) is 10.2. The molecule has 2 N–H and O–H groups in total. The first-order chi connectivity index (χ1) is 27.3. The smallest absolute Gasteiger partial charge is 0.234 e. The first kappa shape index (κ1) is 38.3. The van der Waals surface area contributed by atoms with Gasteiger partial charge in [0.05, 0.1) is 22.7 Å². The van der Waals surface area contributed by atoms with Gasteiger partial charge in [-0.15, -0.1) is 0 Å². The first-order valence-electron chi connectivity index (χ1n) is 18.9. The van der Waals surface area contributed by atoms with Crippen molar-refractivity contribution in [1.82, 2.24) is 28.7 Å². The van der Waals surface area contributed by atoms with Crippen LogP contribution >= 0.6 is 0 Å². The minimum atomic E-state index is -0.645. The fourth-order valence-electron chi connectivity index (χ4n) is 6.48. The van der Waals surface area contributed by atoms with E-state index in [4.69, 9.17) is 0 Å². The topological polar surface area (TPSA) is 119 Å². The summed E-state index contributed by atoms with van der Waals surface area (Å²) >= 11 is 0. The number of nitrogens with one attached hydrogen (secondary N) is 2. The lowest BCUT2D eigenvalue weighted by Crippen LogP contribution is -2.34. The van der Waals surface area contributed by atoms with Gasteiger partial charge in [-0.3, -0.25) is 18.4 Å². The average molecular weight is 755 g/mol. The number of nitrogens with zero attached hydrogens (tertiary/aromatic N) is 6. The number of hydrogen-bond donors (Lipinski definition) is 2. The van der Waals surface area contributed by atoms with Crippen LogP contribution in [-0.4, -0.2) is 40.6 Å². The van der Waals surface area contributed by atoms with Gasteiger partial charge in [-0.2, -0.15) is 0 Å². The van der Waals surface area contributed by atoms with Crippen molar-refractivity contribution in [2.75, 3.05) is 10.6 Å². The Balaban J connectivity index is 0.000000174. The number of benzene rings is 4. The molecule has 0 aliphatic carbocycles. The highest BCUT2D eigenvalue weighted by molar-refractivity contribution is 5.99. The molecule has 4 aromatic carbocycles. The molecule has 0 spiro atoms. The number of aryl methyl sites for hydroxylation is 4. The Labute approximate surface area is 332 Å². The summed E-state index contributed by atoms with van der Waals surface area (Å²) in [5.74, 6) is 1.01. The second-order valence-corrected chi connectivity index (χ2v) is 15.1. The molecule has 0 aliphatic rings. The Hall–Kier alpha value is -6.94. The molecule has 0 radical (unpaired) electrons. The summed E-state index contributed by atoms with van der Waals surface area (Å²) in [7, 11) is 0. The number of rotatable bonds is 8. The minimum Gasteiger partial charge on any atom is -0.325 e. The van der Waals surface area contributed by atoms with Gasteiger partial charge in [0, 0.05) is 59.7 Å². The molecular weight excluding hydrogens is 709 g/mol. The van der Waals surface area contributed by atoms with E-state index in [1.165, 1.54) is 0 Å². The number of anilines is 2. The minimum absolute atomic E-state index is 0.0289. The zero-order valence-electron chi connectivity index (χ0n) is 33.3.